The molecule has 4 rings (SSSR count). The van der Waals surface area contributed by atoms with Gasteiger partial charge in [-0.05, 0) is 42.5 Å². The van der Waals surface area contributed by atoms with Gasteiger partial charge in [-0.3, -0.25) is 9.59 Å². The predicted molar refractivity (Wildman–Crippen MR) is 110 cm³/mol. The molecule has 1 aromatic heterocycles. The van der Waals surface area contributed by atoms with Crippen molar-refractivity contribution in [3.8, 4) is 0 Å². The molecule has 0 saturated carbocycles. The Labute approximate surface area is 166 Å². The fourth-order valence-corrected chi connectivity index (χ4v) is 3.81. The van der Waals surface area contributed by atoms with Crippen LogP contribution in [0.3, 0.4) is 0 Å². The molecule has 1 aliphatic heterocycles. The molecule has 0 unspecified atom stereocenters. The monoisotopic (exact) mass is 393 g/mol. The Morgan fingerprint density at radius 2 is 1.82 bits per heavy atom. The number of thiazole rings is 1. The maximum atomic E-state index is 12.4. The second kappa shape index (κ2) is 8.33. The van der Waals surface area contributed by atoms with E-state index in [1.54, 1.807) is 35.2 Å². The molecule has 0 aliphatic carbocycles. The summed E-state index contributed by atoms with van der Waals surface area (Å²) >= 11 is 1.54. The van der Waals surface area contributed by atoms with Gasteiger partial charge in [0.2, 0.25) is 5.91 Å². The van der Waals surface area contributed by atoms with Crippen LogP contribution in [-0.4, -0.2) is 48.0 Å². The summed E-state index contributed by atoms with van der Waals surface area (Å²) in [5.41, 5.74) is 2.16. The van der Waals surface area contributed by atoms with Crippen LogP contribution in [0.1, 0.15) is 15.4 Å². The normalized spacial score (nSPS) is 14.5. The number of aromatic nitrogens is 1. The van der Waals surface area contributed by atoms with Gasteiger partial charge in [0.1, 0.15) is 5.01 Å². The van der Waals surface area contributed by atoms with E-state index in [-0.39, 0.29) is 11.8 Å². The van der Waals surface area contributed by atoms with Gasteiger partial charge in [0.05, 0.1) is 23.4 Å². The van der Waals surface area contributed by atoms with Crippen LogP contribution in [0.5, 0.6) is 0 Å². The lowest BCUT2D eigenvalue weighted by Gasteiger charge is -2.26. The molecular weight excluding hydrogens is 374 g/mol. The van der Waals surface area contributed by atoms with Crippen LogP contribution >= 0.6 is 11.3 Å². The standard InChI is InChI=1S/C21H19N3O3S/c25-19(9-10-20-23-17-3-1-2-4-18(17)28-20)22-16-7-5-15(6-8-16)21(26)24-11-13-27-14-12-24/h1-10H,11-14H2,(H,22,25). The summed E-state index contributed by atoms with van der Waals surface area (Å²) in [4.78, 5) is 30.8. The number of fused-ring (bicyclic) bond motifs is 1. The van der Waals surface area contributed by atoms with Crippen LogP contribution < -0.4 is 5.32 Å². The Bertz CT molecular complexity index is 988. The van der Waals surface area contributed by atoms with E-state index in [0.717, 1.165) is 15.2 Å². The molecule has 2 amide bonds. The van der Waals surface area contributed by atoms with Crippen molar-refractivity contribution in [3.63, 3.8) is 0 Å². The van der Waals surface area contributed by atoms with E-state index in [1.807, 2.05) is 24.3 Å². The maximum absolute atomic E-state index is 12.4. The largest absolute Gasteiger partial charge is 0.378 e. The highest BCUT2D eigenvalue weighted by molar-refractivity contribution is 7.19. The molecule has 2 aromatic carbocycles. The molecule has 7 heteroatoms. The highest BCUT2D eigenvalue weighted by Crippen LogP contribution is 2.22. The number of hydrogen-bond acceptors (Lipinski definition) is 5. The van der Waals surface area contributed by atoms with E-state index >= 15 is 0 Å². The molecule has 1 aliphatic rings. The molecule has 28 heavy (non-hydrogen) atoms. The number of rotatable bonds is 4. The van der Waals surface area contributed by atoms with Crippen molar-refractivity contribution < 1.29 is 14.3 Å². The Morgan fingerprint density at radius 1 is 1.07 bits per heavy atom. The van der Waals surface area contributed by atoms with Crippen molar-refractivity contribution in [3.05, 3.63) is 65.2 Å². The summed E-state index contributed by atoms with van der Waals surface area (Å²) in [5.74, 6) is -0.261. The summed E-state index contributed by atoms with van der Waals surface area (Å²) < 4.78 is 6.36. The van der Waals surface area contributed by atoms with Crippen LogP contribution in [0, 0.1) is 0 Å². The second-order valence-corrected chi connectivity index (χ2v) is 7.39. The number of para-hydroxylation sites is 1. The van der Waals surface area contributed by atoms with Gasteiger partial charge in [-0.15, -0.1) is 11.3 Å². The van der Waals surface area contributed by atoms with Crippen LogP contribution in [0.2, 0.25) is 0 Å². The SMILES string of the molecule is O=C(C=Cc1nc2ccccc2s1)Nc1ccc(C(=O)N2CCOCC2)cc1. The Morgan fingerprint density at radius 3 is 2.57 bits per heavy atom. The zero-order chi connectivity index (χ0) is 19.3. The molecule has 0 atom stereocenters. The molecule has 1 N–H and O–H groups in total. The first-order valence-corrected chi connectivity index (χ1v) is 9.82. The summed E-state index contributed by atoms with van der Waals surface area (Å²) in [6, 6.07) is 14.8. The fourth-order valence-electron chi connectivity index (χ4n) is 2.94. The number of anilines is 1. The number of amides is 2. The van der Waals surface area contributed by atoms with Gasteiger partial charge in [0.15, 0.2) is 0 Å². The lowest BCUT2D eigenvalue weighted by Crippen LogP contribution is -2.40. The molecular formula is C21H19N3O3S. The highest BCUT2D eigenvalue weighted by atomic mass is 32.1. The highest BCUT2D eigenvalue weighted by Gasteiger charge is 2.18. The third-order valence-corrected chi connectivity index (χ3v) is 5.39. The second-order valence-electron chi connectivity index (χ2n) is 6.32. The molecule has 2 heterocycles. The first kappa shape index (κ1) is 18.3. The van der Waals surface area contributed by atoms with Gasteiger partial charge in [0, 0.05) is 30.4 Å². The van der Waals surface area contributed by atoms with Crippen molar-refractivity contribution in [1.82, 2.24) is 9.88 Å². The van der Waals surface area contributed by atoms with E-state index in [0.29, 0.717) is 37.6 Å². The lowest BCUT2D eigenvalue weighted by molar-refractivity contribution is -0.111. The maximum Gasteiger partial charge on any atom is 0.254 e. The summed E-state index contributed by atoms with van der Waals surface area (Å²) in [6.07, 6.45) is 3.17. The van der Waals surface area contributed by atoms with E-state index < -0.39 is 0 Å². The van der Waals surface area contributed by atoms with E-state index in [9.17, 15) is 9.59 Å². The number of morpholine rings is 1. The minimum absolute atomic E-state index is 0.0168. The molecule has 3 aromatic rings. The van der Waals surface area contributed by atoms with E-state index in [4.69, 9.17) is 4.74 Å². The topological polar surface area (TPSA) is 71.5 Å². The Kier molecular flexibility index (Phi) is 5.45. The van der Waals surface area contributed by atoms with Crippen LogP contribution in [0.4, 0.5) is 5.69 Å². The van der Waals surface area contributed by atoms with Gasteiger partial charge < -0.3 is 15.0 Å². The van der Waals surface area contributed by atoms with Crippen molar-refractivity contribution >= 4 is 45.1 Å². The van der Waals surface area contributed by atoms with Crippen LogP contribution in [0.15, 0.2) is 54.6 Å². The smallest absolute Gasteiger partial charge is 0.254 e. The van der Waals surface area contributed by atoms with Gasteiger partial charge in [-0.2, -0.15) is 0 Å². The quantitative estimate of drug-likeness (QED) is 0.690. The number of hydrogen-bond donors (Lipinski definition) is 1. The van der Waals surface area contributed by atoms with Crippen molar-refractivity contribution in [2.75, 3.05) is 31.6 Å². The average molecular weight is 393 g/mol. The number of nitrogens with zero attached hydrogens (tertiary/aromatic N) is 2. The zero-order valence-electron chi connectivity index (χ0n) is 15.1. The minimum Gasteiger partial charge on any atom is -0.378 e. The number of benzene rings is 2. The average Bonchev–Trinajstić information content (AvgIpc) is 3.16. The van der Waals surface area contributed by atoms with Crippen molar-refractivity contribution in [1.29, 1.82) is 0 Å². The third-order valence-electron chi connectivity index (χ3n) is 4.39. The lowest BCUT2D eigenvalue weighted by atomic mass is 10.1. The number of carbonyl (C=O) groups is 2. The molecule has 1 saturated heterocycles. The Hall–Kier alpha value is -3.03. The predicted octanol–water partition coefficient (Wildman–Crippen LogP) is 3.42. The molecule has 6 nitrogen and oxygen atoms in total. The van der Waals surface area contributed by atoms with Crippen molar-refractivity contribution in [2.45, 2.75) is 0 Å². The summed E-state index contributed by atoms with van der Waals surface area (Å²) in [5, 5.41) is 3.58. The van der Waals surface area contributed by atoms with E-state index in [2.05, 4.69) is 10.3 Å². The van der Waals surface area contributed by atoms with Gasteiger partial charge in [0.25, 0.3) is 5.91 Å². The molecule has 0 bridgehead atoms. The fraction of sp³-hybridized carbons (Fsp3) is 0.190. The van der Waals surface area contributed by atoms with Gasteiger partial charge in [-0.1, -0.05) is 12.1 Å². The minimum atomic E-state index is -0.244. The zero-order valence-corrected chi connectivity index (χ0v) is 15.9. The first-order chi connectivity index (χ1) is 13.7. The molecule has 0 spiro atoms. The van der Waals surface area contributed by atoms with Crippen LogP contribution in [-0.2, 0) is 9.53 Å². The van der Waals surface area contributed by atoms with Crippen molar-refractivity contribution in [2.24, 2.45) is 0 Å². The van der Waals surface area contributed by atoms with Gasteiger partial charge >= 0.3 is 0 Å². The number of nitrogens with one attached hydrogen (secondary N) is 1. The molecule has 142 valence electrons. The first-order valence-electron chi connectivity index (χ1n) is 9.01. The Balaban J connectivity index is 1.36. The number of ether oxygens (including phenoxy) is 1. The molecule has 1 fully saturated rings. The van der Waals surface area contributed by atoms with E-state index in [1.165, 1.54) is 17.4 Å². The third kappa shape index (κ3) is 4.27. The number of carbonyl (C=O) groups excluding carboxylic acids is 2. The summed E-state index contributed by atoms with van der Waals surface area (Å²) in [7, 11) is 0. The molecule has 0 radical (unpaired) electrons. The summed E-state index contributed by atoms with van der Waals surface area (Å²) in [6.45, 7) is 2.35. The van der Waals surface area contributed by atoms with Crippen LogP contribution in [0.25, 0.3) is 16.3 Å². The van der Waals surface area contributed by atoms with Gasteiger partial charge in [-0.25, -0.2) is 4.98 Å².